The van der Waals surface area contributed by atoms with Gasteiger partial charge in [0.25, 0.3) is 0 Å². The molecule has 1 heterocycles. The first-order valence-corrected chi connectivity index (χ1v) is 9.76. The van der Waals surface area contributed by atoms with Gasteiger partial charge in [0.1, 0.15) is 0 Å². The van der Waals surface area contributed by atoms with E-state index in [9.17, 15) is 9.59 Å². The third-order valence-electron chi connectivity index (χ3n) is 4.19. The van der Waals surface area contributed by atoms with E-state index in [1.54, 1.807) is 26.8 Å². The molecule has 2 rings (SSSR count). The molecule has 0 aromatic heterocycles. The molecule has 1 aromatic rings. The number of esters is 1. The van der Waals surface area contributed by atoms with Gasteiger partial charge in [0.2, 0.25) is 0 Å². The van der Waals surface area contributed by atoms with Gasteiger partial charge in [-0.3, -0.25) is 0 Å². The van der Waals surface area contributed by atoms with Crippen LogP contribution in [0, 0.1) is 0 Å². The highest BCUT2D eigenvalue weighted by Crippen LogP contribution is 2.35. The summed E-state index contributed by atoms with van der Waals surface area (Å²) < 4.78 is 16.9. The Balaban J connectivity index is 2.38. The van der Waals surface area contributed by atoms with Crippen molar-refractivity contribution in [3.05, 3.63) is 35.0 Å². The fraction of sp³-hybridized carbons (Fsp3) is 0.524. The molecule has 1 aliphatic rings. The molecule has 0 fully saturated rings. The number of unbranched alkanes of at least 4 members (excludes halogenated alkanes) is 1. The Morgan fingerprint density at radius 2 is 1.93 bits per heavy atom. The van der Waals surface area contributed by atoms with E-state index in [2.05, 4.69) is 17.6 Å². The van der Waals surface area contributed by atoms with Crippen LogP contribution in [0.25, 0.3) is 0 Å². The minimum absolute atomic E-state index is 0.264. The molecule has 0 bridgehead atoms. The lowest BCUT2D eigenvalue weighted by Gasteiger charge is -2.29. The van der Waals surface area contributed by atoms with Crippen LogP contribution >= 0.6 is 0 Å². The topological polar surface area (TPSA) is 85.9 Å². The van der Waals surface area contributed by atoms with Gasteiger partial charge in [-0.05, 0) is 51.8 Å². The highest BCUT2D eigenvalue weighted by atomic mass is 16.5. The number of rotatable bonds is 9. The molecule has 1 unspecified atom stereocenters. The van der Waals surface area contributed by atoms with E-state index in [1.165, 1.54) is 0 Å². The van der Waals surface area contributed by atoms with Crippen molar-refractivity contribution in [1.29, 1.82) is 0 Å². The lowest BCUT2D eigenvalue weighted by molar-refractivity contribution is -0.143. The third kappa shape index (κ3) is 5.41. The largest absolute Gasteiger partial charge is 0.490 e. The van der Waals surface area contributed by atoms with Crippen LogP contribution in [0.3, 0.4) is 0 Å². The summed E-state index contributed by atoms with van der Waals surface area (Å²) in [5.41, 5.74) is 1.56. The molecule has 28 heavy (non-hydrogen) atoms. The SMILES string of the molecule is CCCCOc1ccc(C2NC(=O)NC(C)=C2C(=O)OC(C)C)cc1OCC. The molecule has 1 aliphatic heterocycles. The van der Waals surface area contributed by atoms with E-state index in [0.717, 1.165) is 18.4 Å². The standard InChI is InChI=1S/C21H30N2O5/c1-6-8-11-27-16-10-9-15(12-17(16)26-7-2)19-18(20(24)28-13(3)4)14(5)22-21(25)23-19/h9-10,12-13,19H,6-8,11H2,1-5H3,(H2,22,23,25). The quantitative estimate of drug-likeness (QED) is 0.494. The maximum absolute atomic E-state index is 12.6. The summed E-state index contributed by atoms with van der Waals surface area (Å²) in [6.07, 6.45) is 1.72. The zero-order valence-electron chi connectivity index (χ0n) is 17.3. The molecule has 1 atom stereocenters. The van der Waals surface area contributed by atoms with E-state index < -0.39 is 12.0 Å². The molecule has 0 saturated carbocycles. The van der Waals surface area contributed by atoms with Crippen LogP contribution in [0.2, 0.25) is 0 Å². The number of carbonyl (C=O) groups excluding carboxylic acids is 2. The van der Waals surface area contributed by atoms with Gasteiger partial charge in [0, 0.05) is 5.70 Å². The number of nitrogens with one attached hydrogen (secondary N) is 2. The molecule has 7 heteroatoms. The Morgan fingerprint density at radius 3 is 2.57 bits per heavy atom. The Kier molecular flexibility index (Phi) is 7.72. The van der Waals surface area contributed by atoms with Crippen molar-refractivity contribution in [2.45, 2.75) is 59.6 Å². The number of hydrogen-bond acceptors (Lipinski definition) is 5. The maximum atomic E-state index is 12.6. The molecule has 1 aromatic carbocycles. The summed E-state index contributed by atoms with van der Waals surface area (Å²) in [4.78, 5) is 24.7. The second-order valence-corrected chi connectivity index (χ2v) is 6.87. The van der Waals surface area contributed by atoms with Crippen molar-refractivity contribution in [2.24, 2.45) is 0 Å². The van der Waals surface area contributed by atoms with E-state index in [-0.39, 0.29) is 12.1 Å². The summed E-state index contributed by atoms with van der Waals surface area (Å²) in [6.45, 7) is 10.3. The van der Waals surface area contributed by atoms with E-state index >= 15 is 0 Å². The molecule has 154 valence electrons. The average Bonchev–Trinajstić information content (AvgIpc) is 2.61. The van der Waals surface area contributed by atoms with Crippen molar-refractivity contribution in [3.8, 4) is 11.5 Å². The minimum atomic E-state index is -0.635. The Morgan fingerprint density at radius 1 is 1.18 bits per heavy atom. The van der Waals surface area contributed by atoms with Gasteiger partial charge in [0.15, 0.2) is 11.5 Å². The molecular weight excluding hydrogens is 360 g/mol. The van der Waals surface area contributed by atoms with Crippen molar-refractivity contribution in [2.75, 3.05) is 13.2 Å². The minimum Gasteiger partial charge on any atom is -0.490 e. The van der Waals surface area contributed by atoms with Crippen LogP contribution in [0.1, 0.15) is 59.1 Å². The second kappa shape index (κ2) is 10.0. The first kappa shape index (κ1) is 21.6. The van der Waals surface area contributed by atoms with Crippen LogP contribution in [0.4, 0.5) is 4.79 Å². The molecule has 7 nitrogen and oxygen atoms in total. The number of ether oxygens (including phenoxy) is 3. The summed E-state index contributed by atoms with van der Waals surface area (Å²) in [6, 6.07) is 4.44. The van der Waals surface area contributed by atoms with Crippen LogP contribution in [-0.2, 0) is 9.53 Å². The van der Waals surface area contributed by atoms with Crippen molar-refractivity contribution in [1.82, 2.24) is 10.6 Å². The molecule has 0 saturated heterocycles. The van der Waals surface area contributed by atoms with Gasteiger partial charge in [0.05, 0.1) is 30.9 Å². The molecular formula is C21H30N2O5. The molecule has 2 amide bonds. The van der Waals surface area contributed by atoms with E-state index in [0.29, 0.717) is 36.0 Å². The smallest absolute Gasteiger partial charge is 0.338 e. The van der Waals surface area contributed by atoms with Crippen LogP contribution < -0.4 is 20.1 Å². The highest BCUT2D eigenvalue weighted by Gasteiger charge is 2.33. The van der Waals surface area contributed by atoms with Gasteiger partial charge >= 0.3 is 12.0 Å². The van der Waals surface area contributed by atoms with E-state index in [4.69, 9.17) is 14.2 Å². The predicted octanol–water partition coefficient (Wildman–Crippen LogP) is 3.84. The lowest BCUT2D eigenvalue weighted by Crippen LogP contribution is -2.45. The van der Waals surface area contributed by atoms with Crippen molar-refractivity contribution >= 4 is 12.0 Å². The zero-order chi connectivity index (χ0) is 20.7. The lowest BCUT2D eigenvalue weighted by atomic mass is 9.95. The molecule has 0 radical (unpaired) electrons. The molecule has 2 N–H and O–H groups in total. The fourth-order valence-electron chi connectivity index (χ4n) is 2.91. The van der Waals surface area contributed by atoms with Crippen LogP contribution in [0.15, 0.2) is 29.5 Å². The second-order valence-electron chi connectivity index (χ2n) is 6.87. The molecule has 0 aliphatic carbocycles. The number of urea groups is 1. The number of benzene rings is 1. The average molecular weight is 390 g/mol. The summed E-state index contributed by atoms with van der Waals surface area (Å²) in [5.74, 6) is 0.760. The van der Waals surface area contributed by atoms with Crippen LogP contribution in [0.5, 0.6) is 11.5 Å². The normalized spacial score (nSPS) is 16.5. The monoisotopic (exact) mass is 390 g/mol. The third-order valence-corrected chi connectivity index (χ3v) is 4.19. The first-order valence-electron chi connectivity index (χ1n) is 9.76. The van der Waals surface area contributed by atoms with Gasteiger partial charge in [-0.1, -0.05) is 19.4 Å². The number of allylic oxidation sites excluding steroid dienone is 1. The van der Waals surface area contributed by atoms with Gasteiger partial charge < -0.3 is 24.8 Å². The molecule has 0 spiro atoms. The number of amides is 2. The maximum Gasteiger partial charge on any atom is 0.338 e. The Labute approximate surface area is 166 Å². The van der Waals surface area contributed by atoms with Gasteiger partial charge in [-0.2, -0.15) is 0 Å². The van der Waals surface area contributed by atoms with Gasteiger partial charge in [-0.15, -0.1) is 0 Å². The first-order chi connectivity index (χ1) is 13.4. The zero-order valence-corrected chi connectivity index (χ0v) is 17.3. The van der Waals surface area contributed by atoms with Crippen LogP contribution in [-0.4, -0.2) is 31.3 Å². The Bertz CT molecular complexity index is 742. The van der Waals surface area contributed by atoms with Crippen molar-refractivity contribution in [3.63, 3.8) is 0 Å². The fourth-order valence-corrected chi connectivity index (χ4v) is 2.91. The van der Waals surface area contributed by atoms with Crippen molar-refractivity contribution < 1.29 is 23.8 Å². The summed E-state index contributed by atoms with van der Waals surface area (Å²) >= 11 is 0. The van der Waals surface area contributed by atoms with E-state index in [1.807, 2.05) is 19.1 Å². The Hall–Kier alpha value is -2.70. The summed E-state index contributed by atoms with van der Waals surface area (Å²) in [5, 5.41) is 5.44. The predicted molar refractivity (Wildman–Crippen MR) is 106 cm³/mol. The number of carbonyl (C=O) groups is 2. The summed E-state index contributed by atoms with van der Waals surface area (Å²) in [7, 11) is 0. The highest BCUT2D eigenvalue weighted by molar-refractivity contribution is 5.95. The number of hydrogen-bond donors (Lipinski definition) is 2. The van der Waals surface area contributed by atoms with Gasteiger partial charge in [-0.25, -0.2) is 9.59 Å².